The number of benzene rings is 2. The van der Waals surface area contributed by atoms with Crippen LogP contribution in [0.25, 0.3) is 0 Å². The van der Waals surface area contributed by atoms with E-state index in [-0.39, 0.29) is 6.03 Å². The standard InChI is InChI=1S/C20H24FN3O2/c1-23(20(25)22-17-10-9-16(21)13-19(17)26-2)14-15-7-3-4-8-18(15)24-11-5-6-12-24/h3-4,7-10,13H,5-6,11-12,14H2,1-2H3,(H,22,25). The zero-order valence-electron chi connectivity index (χ0n) is 15.2. The van der Waals surface area contributed by atoms with E-state index in [0.717, 1.165) is 18.7 Å². The smallest absolute Gasteiger partial charge is 0.321 e. The number of hydrogen-bond acceptors (Lipinski definition) is 3. The van der Waals surface area contributed by atoms with Gasteiger partial charge in [0.2, 0.25) is 0 Å². The molecule has 0 radical (unpaired) electrons. The largest absolute Gasteiger partial charge is 0.494 e. The number of anilines is 2. The van der Waals surface area contributed by atoms with Gasteiger partial charge in [-0.05, 0) is 36.6 Å². The van der Waals surface area contributed by atoms with Gasteiger partial charge in [-0.25, -0.2) is 9.18 Å². The first-order chi connectivity index (χ1) is 12.6. The molecule has 0 aromatic heterocycles. The Morgan fingerprint density at radius 2 is 1.96 bits per heavy atom. The minimum Gasteiger partial charge on any atom is -0.494 e. The molecule has 0 spiro atoms. The Morgan fingerprint density at radius 1 is 1.23 bits per heavy atom. The molecule has 2 aromatic rings. The van der Waals surface area contributed by atoms with Crippen molar-refractivity contribution in [3.63, 3.8) is 0 Å². The Hall–Kier alpha value is -2.76. The van der Waals surface area contributed by atoms with Crippen LogP contribution in [0.3, 0.4) is 0 Å². The second kappa shape index (κ2) is 8.08. The van der Waals surface area contributed by atoms with Crippen LogP contribution in [-0.2, 0) is 6.54 Å². The van der Waals surface area contributed by atoms with E-state index >= 15 is 0 Å². The lowest BCUT2D eigenvalue weighted by Crippen LogP contribution is -2.32. The number of carbonyl (C=O) groups excluding carboxylic acids is 1. The second-order valence-corrected chi connectivity index (χ2v) is 6.45. The molecule has 138 valence electrons. The van der Waals surface area contributed by atoms with Crippen molar-refractivity contribution in [2.45, 2.75) is 19.4 Å². The van der Waals surface area contributed by atoms with Crippen LogP contribution < -0.4 is 15.0 Å². The molecule has 1 N–H and O–H groups in total. The Bertz CT molecular complexity index is 775. The first-order valence-electron chi connectivity index (χ1n) is 8.77. The molecule has 5 nitrogen and oxygen atoms in total. The Kier molecular flexibility index (Phi) is 5.61. The first-order valence-corrected chi connectivity index (χ1v) is 8.77. The van der Waals surface area contributed by atoms with Gasteiger partial charge in [-0.2, -0.15) is 0 Å². The van der Waals surface area contributed by atoms with Crippen molar-refractivity contribution >= 4 is 17.4 Å². The summed E-state index contributed by atoms with van der Waals surface area (Å²) < 4.78 is 18.4. The van der Waals surface area contributed by atoms with Crippen molar-refractivity contribution in [3.05, 3.63) is 53.8 Å². The van der Waals surface area contributed by atoms with Gasteiger partial charge in [-0.3, -0.25) is 0 Å². The topological polar surface area (TPSA) is 44.8 Å². The Labute approximate surface area is 153 Å². The molecule has 1 fully saturated rings. The number of ether oxygens (including phenoxy) is 1. The Balaban J connectivity index is 1.70. The highest BCUT2D eigenvalue weighted by Crippen LogP contribution is 2.27. The molecule has 0 bridgehead atoms. The quantitative estimate of drug-likeness (QED) is 0.876. The molecular formula is C20H24FN3O2. The van der Waals surface area contributed by atoms with Crippen LogP contribution in [0.5, 0.6) is 5.75 Å². The summed E-state index contributed by atoms with van der Waals surface area (Å²) in [6, 6.07) is 11.9. The van der Waals surface area contributed by atoms with Crippen molar-refractivity contribution in [1.29, 1.82) is 0 Å². The number of rotatable bonds is 5. The summed E-state index contributed by atoms with van der Waals surface area (Å²) in [5.41, 5.74) is 2.74. The van der Waals surface area contributed by atoms with Crippen molar-refractivity contribution in [3.8, 4) is 5.75 Å². The number of carbonyl (C=O) groups is 1. The monoisotopic (exact) mass is 357 g/mol. The Morgan fingerprint density at radius 3 is 2.69 bits per heavy atom. The number of halogens is 1. The van der Waals surface area contributed by atoms with Crippen molar-refractivity contribution in [1.82, 2.24) is 4.90 Å². The number of hydrogen-bond donors (Lipinski definition) is 1. The summed E-state index contributed by atoms with van der Waals surface area (Å²) in [4.78, 5) is 16.5. The van der Waals surface area contributed by atoms with Crippen LogP contribution in [0.2, 0.25) is 0 Å². The lowest BCUT2D eigenvalue weighted by molar-refractivity contribution is 0.220. The average Bonchev–Trinajstić information content (AvgIpc) is 3.18. The van der Waals surface area contributed by atoms with E-state index < -0.39 is 5.82 Å². The molecule has 6 heteroatoms. The van der Waals surface area contributed by atoms with Gasteiger partial charge in [0.25, 0.3) is 0 Å². The molecule has 0 aliphatic carbocycles. The summed E-state index contributed by atoms with van der Waals surface area (Å²) in [5, 5.41) is 2.78. The van der Waals surface area contributed by atoms with Crippen LogP contribution >= 0.6 is 0 Å². The van der Waals surface area contributed by atoms with E-state index in [1.54, 1.807) is 11.9 Å². The molecule has 1 saturated heterocycles. The maximum Gasteiger partial charge on any atom is 0.321 e. The van der Waals surface area contributed by atoms with Gasteiger partial charge in [-0.15, -0.1) is 0 Å². The minimum absolute atomic E-state index is 0.272. The number of methoxy groups -OCH3 is 1. The fraction of sp³-hybridized carbons (Fsp3) is 0.350. The molecule has 3 rings (SSSR count). The molecule has 26 heavy (non-hydrogen) atoms. The summed E-state index contributed by atoms with van der Waals surface area (Å²) in [6.45, 7) is 2.60. The molecule has 1 aliphatic rings. The predicted octanol–water partition coefficient (Wildman–Crippen LogP) is 4.10. The van der Waals surface area contributed by atoms with Crippen molar-refractivity contribution in [2.24, 2.45) is 0 Å². The third-order valence-electron chi connectivity index (χ3n) is 4.60. The molecular weight excluding hydrogens is 333 g/mol. The number of para-hydroxylation sites is 1. The maximum absolute atomic E-state index is 13.3. The summed E-state index contributed by atoms with van der Waals surface area (Å²) in [6.07, 6.45) is 2.41. The molecule has 0 atom stereocenters. The minimum atomic E-state index is -0.409. The molecule has 1 aliphatic heterocycles. The van der Waals surface area contributed by atoms with E-state index in [1.807, 2.05) is 12.1 Å². The van der Waals surface area contributed by atoms with Gasteiger partial charge in [-0.1, -0.05) is 18.2 Å². The average molecular weight is 357 g/mol. The van der Waals surface area contributed by atoms with Gasteiger partial charge in [0.1, 0.15) is 11.6 Å². The van der Waals surface area contributed by atoms with E-state index in [0.29, 0.717) is 18.0 Å². The number of urea groups is 1. The fourth-order valence-electron chi connectivity index (χ4n) is 3.22. The van der Waals surface area contributed by atoms with Gasteiger partial charge in [0.15, 0.2) is 0 Å². The van der Waals surface area contributed by atoms with Gasteiger partial charge in [0.05, 0.1) is 12.8 Å². The van der Waals surface area contributed by atoms with Gasteiger partial charge < -0.3 is 19.9 Å². The van der Waals surface area contributed by atoms with E-state index in [2.05, 4.69) is 22.3 Å². The molecule has 2 amide bonds. The zero-order valence-corrected chi connectivity index (χ0v) is 15.2. The van der Waals surface area contributed by atoms with Gasteiger partial charge in [0, 0.05) is 38.4 Å². The van der Waals surface area contributed by atoms with Gasteiger partial charge >= 0.3 is 6.03 Å². The summed E-state index contributed by atoms with van der Waals surface area (Å²) in [7, 11) is 3.19. The number of nitrogens with zero attached hydrogens (tertiary/aromatic N) is 2. The highest BCUT2D eigenvalue weighted by atomic mass is 19.1. The zero-order chi connectivity index (χ0) is 18.5. The highest BCUT2D eigenvalue weighted by Gasteiger charge is 2.18. The molecule has 1 heterocycles. The van der Waals surface area contributed by atoms with E-state index in [9.17, 15) is 9.18 Å². The van der Waals surface area contributed by atoms with Crippen LogP contribution in [0.15, 0.2) is 42.5 Å². The fourth-order valence-corrected chi connectivity index (χ4v) is 3.22. The lowest BCUT2D eigenvalue weighted by atomic mass is 10.1. The molecule has 0 saturated carbocycles. The maximum atomic E-state index is 13.3. The number of amides is 2. The highest BCUT2D eigenvalue weighted by molar-refractivity contribution is 5.90. The SMILES string of the molecule is COc1cc(F)ccc1NC(=O)N(C)Cc1ccccc1N1CCCC1. The third kappa shape index (κ3) is 4.07. The normalized spacial score (nSPS) is 13.6. The lowest BCUT2D eigenvalue weighted by Gasteiger charge is -2.25. The number of nitrogens with one attached hydrogen (secondary N) is 1. The van der Waals surface area contributed by atoms with Crippen molar-refractivity contribution < 1.29 is 13.9 Å². The predicted molar refractivity (Wildman–Crippen MR) is 101 cm³/mol. The summed E-state index contributed by atoms with van der Waals surface area (Å²) >= 11 is 0. The van der Waals surface area contributed by atoms with Crippen LogP contribution in [0.4, 0.5) is 20.6 Å². The van der Waals surface area contributed by atoms with Crippen LogP contribution in [0, 0.1) is 5.82 Å². The third-order valence-corrected chi connectivity index (χ3v) is 4.60. The van der Waals surface area contributed by atoms with Crippen LogP contribution in [0.1, 0.15) is 18.4 Å². The summed E-state index contributed by atoms with van der Waals surface area (Å²) in [5.74, 6) is -0.114. The second-order valence-electron chi connectivity index (χ2n) is 6.45. The first kappa shape index (κ1) is 18.0. The van der Waals surface area contributed by atoms with Crippen molar-refractivity contribution in [2.75, 3.05) is 37.5 Å². The van der Waals surface area contributed by atoms with Crippen LogP contribution in [-0.4, -0.2) is 38.2 Å². The molecule has 2 aromatic carbocycles. The van der Waals surface area contributed by atoms with E-state index in [4.69, 9.17) is 4.74 Å². The molecule has 0 unspecified atom stereocenters. The van der Waals surface area contributed by atoms with E-state index in [1.165, 1.54) is 43.8 Å².